The minimum atomic E-state index is -0.313. The van der Waals surface area contributed by atoms with Gasteiger partial charge in [-0.15, -0.1) is 5.10 Å². The summed E-state index contributed by atoms with van der Waals surface area (Å²) in [5.74, 6) is 0.465. The number of carbonyl (C=O) groups excluding carboxylic acids is 1. The van der Waals surface area contributed by atoms with Gasteiger partial charge in [-0.05, 0) is 37.6 Å². The van der Waals surface area contributed by atoms with Gasteiger partial charge in [0.05, 0.1) is 6.42 Å². The van der Waals surface area contributed by atoms with Crippen LogP contribution in [0.15, 0.2) is 30.3 Å². The molecular formula is C17H18FN5O. The quantitative estimate of drug-likeness (QED) is 0.736. The Morgan fingerprint density at radius 2 is 2.04 bits per heavy atom. The summed E-state index contributed by atoms with van der Waals surface area (Å²) in [6.45, 7) is 4.14. The number of amides is 1. The number of hydrogen-bond acceptors (Lipinski definition) is 4. The molecule has 0 radical (unpaired) electrons. The Labute approximate surface area is 139 Å². The second-order valence-electron chi connectivity index (χ2n) is 5.84. The van der Waals surface area contributed by atoms with Crippen molar-refractivity contribution in [3.63, 3.8) is 0 Å². The van der Waals surface area contributed by atoms with Crippen molar-refractivity contribution in [2.24, 2.45) is 0 Å². The summed E-state index contributed by atoms with van der Waals surface area (Å²) in [6.07, 6.45) is 0.0770. The maximum atomic E-state index is 13.2. The molecule has 2 heterocycles. The number of benzene rings is 1. The van der Waals surface area contributed by atoms with E-state index in [1.54, 1.807) is 23.7 Å². The summed E-state index contributed by atoms with van der Waals surface area (Å²) in [5.41, 5.74) is 2.51. The third-order valence-electron chi connectivity index (χ3n) is 3.71. The summed E-state index contributed by atoms with van der Waals surface area (Å²) in [5, 5.41) is 4.33. The second kappa shape index (κ2) is 6.35. The van der Waals surface area contributed by atoms with E-state index in [9.17, 15) is 9.18 Å². The third kappa shape index (κ3) is 3.40. The molecule has 0 saturated heterocycles. The highest BCUT2D eigenvalue weighted by atomic mass is 19.1. The van der Waals surface area contributed by atoms with E-state index in [1.807, 2.05) is 19.9 Å². The maximum absolute atomic E-state index is 13.2. The van der Waals surface area contributed by atoms with Crippen LogP contribution >= 0.6 is 0 Å². The van der Waals surface area contributed by atoms with E-state index in [2.05, 4.69) is 15.1 Å². The van der Waals surface area contributed by atoms with Gasteiger partial charge < -0.3 is 4.90 Å². The average molecular weight is 327 g/mol. The molecule has 1 amide bonds. The zero-order valence-electron chi connectivity index (χ0n) is 13.8. The van der Waals surface area contributed by atoms with Crippen molar-refractivity contribution in [3.05, 3.63) is 58.9 Å². The van der Waals surface area contributed by atoms with Gasteiger partial charge in [0, 0.05) is 25.0 Å². The van der Waals surface area contributed by atoms with E-state index in [-0.39, 0.29) is 18.1 Å². The molecule has 7 heteroatoms. The van der Waals surface area contributed by atoms with E-state index in [0.717, 1.165) is 17.0 Å². The molecule has 0 spiro atoms. The Bertz CT molecular complexity index is 905. The molecule has 0 aliphatic carbocycles. The van der Waals surface area contributed by atoms with Gasteiger partial charge >= 0.3 is 0 Å². The summed E-state index contributed by atoms with van der Waals surface area (Å²) in [6, 6.07) is 8.12. The van der Waals surface area contributed by atoms with Crippen LogP contribution in [0.1, 0.15) is 22.8 Å². The fraction of sp³-hybridized carbons (Fsp3) is 0.294. The van der Waals surface area contributed by atoms with Crippen molar-refractivity contribution in [2.75, 3.05) is 7.05 Å². The fourth-order valence-corrected chi connectivity index (χ4v) is 2.55. The van der Waals surface area contributed by atoms with E-state index >= 15 is 0 Å². The Hall–Kier alpha value is -2.83. The minimum Gasteiger partial charge on any atom is -0.341 e. The zero-order valence-corrected chi connectivity index (χ0v) is 13.8. The Morgan fingerprint density at radius 3 is 2.79 bits per heavy atom. The molecule has 6 nitrogen and oxygen atoms in total. The van der Waals surface area contributed by atoms with Gasteiger partial charge in [0.15, 0.2) is 5.82 Å². The number of aryl methyl sites for hydroxylation is 2. The fourth-order valence-electron chi connectivity index (χ4n) is 2.55. The standard InChI is InChI=1S/C17H18FN5O/c1-11-7-12(2)23-17(19-11)20-15(21-23)9-16(24)22(3)10-13-5-4-6-14(18)8-13/h4-8H,9-10H2,1-3H3. The highest BCUT2D eigenvalue weighted by Gasteiger charge is 2.15. The van der Waals surface area contributed by atoms with Crippen LogP contribution in [0.3, 0.4) is 0 Å². The van der Waals surface area contributed by atoms with E-state index in [4.69, 9.17) is 0 Å². The lowest BCUT2D eigenvalue weighted by Gasteiger charge is -2.16. The van der Waals surface area contributed by atoms with Crippen LogP contribution in [0.2, 0.25) is 0 Å². The van der Waals surface area contributed by atoms with Crippen molar-refractivity contribution < 1.29 is 9.18 Å². The number of fused-ring (bicyclic) bond motifs is 1. The lowest BCUT2D eigenvalue weighted by atomic mass is 10.2. The molecule has 0 saturated carbocycles. The highest BCUT2D eigenvalue weighted by molar-refractivity contribution is 5.77. The lowest BCUT2D eigenvalue weighted by molar-refractivity contribution is -0.129. The Morgan fingerprint density at radius 1 is 1.25 bits per heavy atom. The molecule has 1 aromatic carbocycles. The van der Waals surface area contributed by atoms with E-state index in [0.29, 0.717) is 18.1 Å². The molecule has 3 aromatic rings. The van der Waals surface area contributed by atoms with Gasteiger partial charge in [-0.25, -0.2) is 13.9 Å². The molecule has 0 fully saturated rings. The summed E-state index contributed by atoms with van der Waals surface area (Å²) in [4.78, 5) is 22.5. The SMILES string of the molecule is Cc1cc(C)n2nc(CC(=O)N(C)Cc3cccc(F)c3)nc2n1. The molecule has 0 atom stereocenters. The zero-order chi connectivity index (χ0) is 17.3. The van der Waals surface area contributed by atoms with Crippen LogP contribution in [-0.2, 0) is 17.8 Å². The van der Waals surface area contributed by atoms with Gasteiger partial charge in [0.2, 0.25) is 5.91 Å². The lowest BCUT2D eigenvalue weighted by Crippen LogP contribution is -2.28. The average Bonchev–Trinajstić information content (AvgIpc) is 2.89. The Balaban J connectivity index is 1.73. The van der Waals surface area contributed by atoms with Crippen molar-refractivity contribution in [1.82, 2.24) is 24.5 Å². The molecule has 2 aromatic heterocycles. The van der Waals surface area contributed by atoms with Gasteiger partial charge in [-0.1, -0.05) is 12.1 Å². The first-order chi connectivity index (χ1) is 11.4. The highest BCUT2D eigenvalue weighted by Crippen LogP contribution is 2.09. The minimum absolute atomic E-state index is 0.0770. The van der Waals surface area contributed by atoms with Gasteiger partial charge in [0.1, 0.15) is 5.82 Å². The van der Waals surface area contributed by atoms with Gasteiger partial charge in [-0.3, -0.25) is 4.79 Å². The van der Waals surface area contributed by atoms with Crippen molar-refractivity contribution in [3.8, 4) is 0 Å². The summed E-state index contributed by atoms with van der Waals surface area (Å²) in [7, 11) is 1.68. The van der Waals surface area contributed by atoms with Crippen LogP contribution in [0, 0.1) is 19.7 Å². The van der Waals surface area contributed by atoms with Gasteiger partial charge in [-0.2, -0.15) is 4.98 Å². The molecule has 124 valence electrons. The molecule has 0 N–H and O–H groups in total. The predicted octanol–water partition coefficient (Wildman–Crippen LogP) is 2.08. The predicted molar refractivity (Wildman–Crippen MR) is 86.8 cm³/mol. The third-order valence-corrected chi connectivity index (χ3v) is 3.71. The number of likely N-dealkylation sites (N-methyl/N-ethyl adjacent to an activating group) is 1. The number of aromatic nitrogens is 4. The summed E-state index contributed by atoms with van der Waals surface area (Å²) >= 11 is 0. The molecule has 0 bridgehead atoms. The molecular weight excluding hydrogens is 309 g/mol. The number of hydrogen-bond donors (Lipinski definition) is 0. The normalized spacial score (nSPS) is 11.0. The number of halogens is 1. The van der Waals surface area contributed by atoms with E-state index in [1.165, 1.54) is 17.0 Å². The molecule has 0 unspecified atom stereocenters. The number of nitrogens with zero attached hydrogens (tertiary/aromatic N) is 5. The van der Waals surface area contributed by atoms with Crippen LogP contribution in [0.4, 0.5) is 4.39 Å². The van der Waals surface area contributed by atoms with Crippen LogP contribution in [0.25, 0.3) is 5.78 Å². The Kier molecular flexibility index (Phi) is 4.24. The smallest absolute Gasteiger partial charge is 0.252 e. The largest absolute Gasteiger partial charge is 0.341 e. The molecule has 3 rings (SSSR count). The van der Waals surface area contributed by atoms with Crippen molar-refractivity contribution in [2.45, 2.75) is 26.8 Å². The van der Waals surface area contributed by atoms with Crippen LogP contribution < -0.4 is 0 Å². The van der Waals surface area contributed by atoms with Crippen LogP contribution in [0.5, 0.6) is 0 Å². The van der Waals surface area contributed by atoms with Gasteiger partial charge in [0.25, 0.3) is 5.78 Å². The topological polar surface area (TPSA) is 63.4 Å². The van der Waals surface area contributed by atoms with Crippen molar-refractivity contribution in [1.29, 1.82) is 0 Å². The second-order valence-corrected chi connectivity index (χ2v) is 5.84. The van der Waals surface area contributed by atoms with Crippen molar-refractivity contribution >= 4 is 11.7 Å². The molecule has 0 aliphatic rings. The molecule has 0 aliphatic heterocycles. The first-order valence-corrected chi connectivity index (χ1v) is 7.60. The first kappa shape index (κ1) is 16.0. The molecule has 24 heavy (non-hydrogen) atoms. The monoisotopic (exact) mass is 327 g/mol. The summed E-state index contributed by atoms with van der Waals surface area (Å²) < 4.78 is 14.8. The number of rotatable bonds is 4. The van der Waals surface area contributed by atoms with E-state index < -0.39 is 0 Å². The maximum Gasteiger partial charge on any atom is 0.252 e. The number of carbonyl (C=O) groups is 1. The van der Waals surface area contributed by atoms with Crippen LogP contribution in [-0.4, -0.2) is 37.4 Å². The first-order valence-electron chi connectivity index (χ1n) is 7.60.